The third kappa shape index (κ3) is 4.16. The van der Waals surface area contributed by atoms with Gasteiger partial charge in [0.25, 0.3) is 5.91 Å². The van der Waals surface area contributed by atoms with Crippen molar-refractivity contribution >= 4 is 29.3 Å². The minimum atomic E-state index is -0.504. The molecular weight excluding hydrogens is 352 g/mol. The molecule has 5 nitrogen and oxygen atoms in total. The van der Waals surface area contributed by atoms with Crippen molar-refractivity contribution < 1.29 is 14.3 Å². The minimum Gasteiger partial charge on any atom is -0.496 e. The number of aryl methyl sites for hydroxylation is 1. The highest BCUT2D eigenvalue weighted by molar-refractivity contribution is 6.32. The van der Waals surface area contributed by atoms with Crippen LogP contribution in [0, 0.1) is 25.2 Å². The number of ether oxygens (including phenoxy) is 2. The Balaban J connectivity index is 2.39. The first-order chi connectivity index (χ1) is 12.4. The number of rotatable bonds is 5. The van der Waals surface area contributed by atoms with E-state index in [1.54, 1.807) is 18.2 Å². The predicted molar refractivity (Wildman–Crippen MR) is 103 cm³/mol. The first-order valence-electron chi connectivity index (χ1n) is 7.82. The van der Waals surface area contributed by atoms with Gasteiger partial charge in [0.15, 0.2) is 0 Å². The van der Waals surface area contributed by atoms with E-state index in [1.807, 2.05) is 32.0 Å². The van der Waals surface area contributed by atoms with E-state index < -0.39 is 5.91 Å². The van der Waals surface area contributed by atoms with Gasteiger partial charge >= 0.3 is 0 Å². The van der Waals surface area contributed by atoms with Gasteiger partial charge in [-0.2, -0.15) is 5.26 Å². The van der Waals surface area contributed by atoms with Gasteiger partial charge in [0.1, 0.15) is 23.1 Å². The Morgan fingerprint density at radius 3 is 2.50 bits per heavy atom. The second-order valence-corrected chi connectivity index (χ2v) is 6.01. The van der Waals surface area contributed by atoms with Gasteiger partial charge in [-0.1, -0.05) is 23.7 Å². The Labute approximate surface area is 157 Å². The van der Waals surface area contributed by atoms with Crippen LogP contribution in [-0.4, -0.2) is 20.1 Å². The van der Waals surface area contributed by atoms with E-state index in [0.717, 1.165) is 11.1 Å². The Bertz CT molecular complexity index is 914. The van der Waals surface area contributed by atoms with Crippen LogP contribution in [0.25, 0.3) is 6.08 Å². The highest BCUT2D eigenvalue weighted by Crippen LogP contribution is 2.33. The molecule has 0 bridgehead atoms. The molecule has 0 radical (unpaired) electrons. The number of nitriles is 1. The van der Waals surface area contributed by atoms with Crippen molar-refractivity contribution in [1.29, 1.82) is 5.26 Å². The molecule has 2 aromatic carbocycles. The molecule has 0 aromatic heterocycles. The van der Waals surface area contributed by atoms with Crippen molar-refractivity contribution in [3.8, 4) is 17.6 Å². The first kappa shape index (κ1) is 19.4. The second-order valence-electron chi connectivity index (χ2n) is 5.60. The van der Waals surface area contributed by atoms with Crippen LogP contribution in [0.3, 0.4) is 0 Å². The molecular formula is C20H19ClN2O3. The summed E-state index contributed by atoms with van der Waals surface area (Å²) in [5.41, 5.74) is 3.10. The highest BCUT2D eigenvalue weighted by atomic mass is 35.5. The summed E-state index contributed by atoms with van der Waals surface area (Å²) in [7, 11) is 2.98. The van der Waals surface area contributed by atoms with Crippen molar-refractivity contribution in [2.24, 2.45) is 0 Å². The molecule has 2 aromatic rings. The summed E-state index contributed by atoms with van der Waals surface area (Å²) in [5.74, 6) is 0.382. The van der Waals surface area contributed by atoms with Crippen LogP contribution in [0.4, 0.5) is 5.69 Å². The maximum Gasteiger partial charge on any atom is 0.266 e. The third-order valence-electron chi connectivity index (χ3n) is 4.02. The number of amides is 1. The van der Waals surface area contributed by atoms with Crippen LogP contribution in [0.2, 0.25) is 5.02 Å². The van der Waals surface area contributed by atoms with Gasteiger partial charge in [-0.25, -0.2) is 0 Å². The molecule has 1 N–H and O–H groups in total. The van der Waals surface area contributed by atoms with Crippen molar-refractivity contribution in [3.05, 3.63) is 57.6 Å². The Morgan fingerprint density at radius 1 is 1.19 bits per heavy atom. The summed E-state index contributed by atoms with van der Waals surface area (Å²) in [6.45, 7) is 3.86. The number of hydrogen-bond acceptors (Lipinski definition) is 4. The zero-order valence-corrected chi connectivity index (χ0v) is 15.8. The van der Waals surface area contributed by atoms with Gasteiger partial charge in [-0.3, -0.25) is 4.79 Å². The first-order valence-corrected chi connectivity index (χ1v) is 8.20. The second kappa shape index (κ2) is 8.41. The fourth-order valence-corrected chi connectivity index (χ4v) is 2.63. The van der Waals surface area contributed by atoms with Crippen LogP contribution in [-0.2, 0) is 4.79 Å². The predicted octanol–water partition coefficient (Wildman–Crippen LogP) is 4.52. The smallest absolute Gasteiger partial charge is 0.266 e. The van der Waals surface area contributed by atoms with Crippen LogP contribution in [0.5, 0.6) is 11.5 Å². The SMILES string of the molecule is COc1cc(OC)c(/C=C(\C#N)C(=O)Nc2cccc(C)c2C)cc1Cl. The van der Waals surface area contributed by atoms with Crippen molar-refractivity contribution in [1.82, 2.24) is 0 Å². The lowest BCUT2D eigenvalue weighted by atomic mass is 10.1. The summed E-state index contributed by atoms with van der Waals surface area (Å²) >= 11 is 6.14. The van der Waals surface area contributed by atoms with Gasteiger partial charge in [0.05, 0.1) is 19.2 Å². The van der Waals surface area contributed by atoms with Crippen LogP contribution in [0.15, 0.2) is 35.9 Å². The highest BCUT2D eigenvalue weighted by Gasteiger charge is 2.14. The average Bonchev–Trinajstić information content (AvgIpc) is 2.63. The number of carbonyl (C=O) groups excluding carboxylic acids is 1. The normalized spacial score (nSPS) is 10.8. The van der Waals surface area contributed by atoms with Crippen molar-refractivity contribution in [2.75, 3.05) is 19.5 Å². The average molecular weight is 371 g/mol. The number of hydrogen-bond donors (Lipinski definition) is 1. The monoisotopic (exact) mass is 370 g/mol. The van der Waals surface area contributed by atoms with E-state index in [0.29, 0.717) is 27.8 Å². The standard InChI is InChI=1S/C20H19ClN2O3/c1-12-6-5-7-17(13(12)2)23-20(24)15(11-22)8-14-9-16(21)19(26-4)10-18(14)25-3/h5-10H,1-4H3,(H,23,24)/b15-8+. The van der Waals surface area contributed by atoms with Gasteiger partial charge in [0, 0.05) is 17.3 Å². The van der Waals surface area contributed by atoms with Gasteiger partial charge in [0.2, 0.25) is 0 Å². The summed E-state index contributed by atoms with van der Waals surface area (Å²) < 4.78 is 10.4. The topological polar surface area (TPSA) is 71.3 Å². The number of halogens is 1. The van der Waals surface area contributed by atoms with Crippen LogP contribution >= 0.6 is 11.6 Å². The molecule has 26 heavy (non-hydrogen) atoms. The van der Waals surface area contributed by atoms with E-state index in [1.165, 1.54) is 20.3 Å². The fourth-order valence-electron chi connectivity index (χ4n) is 2.38. The number of benzene rings is 2. The number of nitrogens with zero attached hydrogens (tertiary/aromatic N) is 1. The molecule has 2 rings (SSSR count). The van der Waals surface area contributed by atoms with Gasteiger partial charge < -0.3 is 14.8 Å². The molecule has 0 atom stereocenters. The van der Waals surface area contributed by atoms with Crippen molar-refractivity contribution in [3.63, 3.8) is 0 Å². The molecule has 0 aliphatic rings. The lowest BCUT2D eigenvalue weighted by molar-refractivity contribution is -0.112. The van der Waals surface area contributed by atoms with Crippen LogP contribution in [0.1, 0.15) is 16.7 Å². The lowest BCUT2D eigenvalue weighted by Crippen LogP contribution is -2.14. The molecule has 0 aliphatic carbocycles. The molecule has 0 saturated heterocycles. The fraction of sp³-hybridized carbons (Fsp3) is 0.200. The van der Waals surface area contributed by atoms with Gasteiger partial charge in [-0.05, 0) is 43.2 Å². The molecule has 0 spiro atoms. The lowest BCUT2D eigenvalue weighted by Gasteiger charge is -2.11. The molecule has 1 amide bonds. The summed E-state index contributed by atoms with van der Waals surface area (Å²) in [5, 5.41) is 12.5. The molecule has 0 unspecified atom stereocenters. The molecule has 0 saturated carbocycles. The quantitative estimate of drug-likeness (QED) is 0.620. The zero-order chi connectivity index (χ0) is 19.3. The summed E-state index contributed by atoms with van der Waals surface area (Å²) in [4.78, 5) is 12.5. The molecule has 6 heteroatoms. The maximum absolute atomic E-state index is 12.5. The summed E-state index contributed by atoms with van der Waals surface area (Å²) in [6.07, 6.45) is 1.44. The van der Waals surface area contributed by atoms with E-state index >= 15 is 0 Å². The zero-order valence-electron chi connectivity index (χ0n) is 15.0. The van der Waals surface area contributed by atoms with Gasteiger partial charge in [-0.15, -0.1) is 0 Å². The minimum absolute atomic E-state index is 0.0644. The summed E-state index contributed by atoms with van der Waals surface area (Å²) in [6, 6.07) is 10.7. The number of carbonyl (C=O) groups is 1. The Kier molecular flexibility index (Phi) is 6.26. The molecule has 0 heterocycles. The van der Waals surface area contributed by atoms with E-state index in [-0.39, 0.29) is 5.57 Å². The van der Waals surface area contributed by atoms with E-state index in [2.05, 4.69) is 5.32 Å². The van der Waals surface area contributed by atoms with E-state index in [4.69, 9.17) is 21.1 Å². The van der Waals surface area contributed by atoms with Crippen LogP contribution < -0.4 is 14.8 Å². The van der Waals surface area contributed by atoms with E-state index in [9.17, 15) is 10.1 Å². The Hall–Kier alpha value is -2.97. The number of anilines is 1. The third-order valence-corrected chi connectivity index (χ3v) is 4.32. The molecule has 0 fully saturated rings. The maximum atomic E-state index is 12.5. The Morgan fingerprint density at radius 2 is 1.88 bits per heavy atom. The number of methoxy groups -OCH3 is 2. The van der Waals surface area contributed by atoms with Crippen molar-refractivity contribution in [2.45, 2.75) is 13.8 Å². The molecule has 0 aliphatic heterocycles. The molecule has 134 valence electrons. The largest absolute Gasteiger partial charge is 0.496 e. The number of nitrogens with one attached hydrogen (secondary N) is 1.